The number of nitrogens with one attached hydrogen (secondary N) is 1. The summed E-state index contributed by atoms with van der Waals surface area (Å²) in [5, 5.41) is 21.4. The van der Waals surface area contributed by atoms with Crippen molar-refractivity contribution in [2.45, 2.75) is 6.61 Å². The number of rotatable bonds is 7. The zero-order chi connectivity index (χ0) is 22.2. The highest BCUT2D eigenvalue weighted by molar-refractivity contribution is 6.09. The van der Waals surface area contributed by atoms with E-state index < -0.39 is 5.91 Å². The van der Waals surface area contributed by atoms with Crippen LogP contribution in [0, 0.1) is 17.1 Å². The third-order valence-electron chi connectivity index (χ3n) is 4.32. The Balaban J connectivity index is 1.83. The molecule has 0 aliphatic heterocycles. The Hall–Kier alpha value is -4.31. The van der Waals surface area contributed by atoms with Crippen LogP contribution in [0.25, 0.3) is 6.08 Å². The summed E-state index contributed by atoms with van der Waals surface area (Å²) in [5.74, 6) is 0.0583. The zero-order valence-electron chi connectivity index (χ0n) is 16.6. The van der Waals surface area contributed by atoms with Crippen LogP contribution in [0.3, 0.4) is 0 Å². The summed E-state index contributed by atoms with van der Waals surface area (Å²) in [6.45, 7) is 0.163. The molecule has 0 atom stereocenters. The highest BCUT2D eigenvalue weighted by Gasteiger charge is 2.13. The van der Waals surface area contributed by atoms with Gasteiger partial charge in [0.1, 0.15) is 41.3 Å². The van der Waals surface area contributed by atoms with Gasteiger partial charge in [-0.1, -0.05) is 12.1 Å². The molecule has 3 aromatic rings. The molecule has 2 N–H and O–H groups in total. The highest BCUT2D eigenvalue weighted by Crippen LogP contribution is 2.28. The Bertz CT molecular complexity index is 1130. The van der Waals surface area contributed by atoms with E-state index in [0.29, 0.717) is 22.7 Å². The van der Waals surface area contributed by atoms with E-state index in [1.165, 1.54) is 49.6 Å². The molecule has 0 unspecified atom stereocenters. The van der Waals surface area contributed by atoms with E-state index >= 15 is 0 Å². The number of nitriles is 1. The maximum atomic E-state index is 13.1. The fraction of sp³-hybridized carbons (Fsp3) is 0.0833. The van der Waals surface area contributed by atoms with Gasteiger partial charge in [-0.3, -0.25) is 4.79 Å². The van der Waals surface area contributed by atoms with E-state index in [1.54, 1.807) is 30.3 Å². The number of phenolic OH excluding ortho intramolecular Hbond substituents is 1. The van der Waals surface area contributed by atoms with Gasteiger partial charge in [0.05, 0.1) is 7.11 Å². The zero-order valence-corrected chi connectivity index (χ0v) is 16.6. The van der Waals surface area contributed by atoms with E-state index in [0.717, 1.165) is 5.56 Å². The van der Waals surface area contributed by atoms with E-state index in [-0.39, 0.29) is 23.7 Å². The predicted molar refractivity (Wildman–Crippen MR) is 114 cm³/mol. The third-order valence-corrected chi connectivity index (χ3v) is 4.32. The largest absolute Gasteiger partial charge is 0.508 e. The average molecular weight is 418 g/mol. The predicted octanol–water partition coefficient (Wildman–Crippen LogP) is 4.66. The van der Waals surface area contributed by atoms with Crippen molar-refractivity contribution < 1.29 is 23.8 Å². The maximum absolute atomic E-state index is 13.1. The smallest absolute Gasteiger partial charge is 0.266 e. The summed E-state index contributed by atoms with van der Waals surface area (Å²) < 4.78 is 24.2. The number of amides is 1. The lowest BCUT2D eigenvalue weighted by Gasteiger charge is -2.12. The van der Waals surface area contributed by atoms with E-state index in [4.69, 9.17) is 9.47 Å². The van der Waals surface area contributed by atoms with Crippen molar-refractivity contribution in [3.63, 3.8) is 0 Å². The first kappa shape index (κ1) is 21.4. The van der Waals surface area contributed by atoms with Gasteiger partial charge in [0.25, 0.3) is 5.91 Å². The Morgan fingerprint density at radius 1 is 1.13 bits per heavy atom. The van der Waals surface area contributed by atoms with Crippen molar-refractivity contribution in [2.75, 3.05) is 12.4 Å². The quantitative estimate of drug-likeness (QED) is 0.331. The minimum atomic E-state index is -0.603. The van der Waals surface area contributed by atoms with Crippen molar-refractivity contribution >= 4 is 17.7 Å². The summed E-state index contributed by atoms with van der Waals surface area (Å²) in [6.07, 6.45) is 1.41. The van der Waals surface area contributed by atoms with Crippen LogP contribution < -0.4 is 14.8 Å². The molecular weight excluding hydrogens is 399 g/mol. The molecule has 0 saturated heterocycles. The van der Waals surface area contributed by atoms with Gasteiger partial charge in [0.2, 0.25) is 0 Å². The van der Waals surface area contributed by atoms with Crippen LogP contribution in [0.2, 0.25) is 0 Å². The monoisotopic (exact) mass is 418 g/mol. The lowest BCUT2D eigenvalue weighted by Crippen LogP contribution is -2.13. The van der Waals surface area contributed by atoms with E-state index in [1.807, 2.05) is 6.07 Å². The van der Waals surface area contributed by atoms with E-state index in [9.17, 15) is 19.6 Å². The number of phenols is 1. The molecule has 0 saturated carbocycles. The topological polar surface area (TPSA) is 91.6 Å². The van der Waals surface area contributed by atoms with Gasteiger partial charge in [-0.25, -0.2) is 4.39 Å². The maximum Gasteiger partial charge on any atom is 0.266 e. The minimum absolute atomic E-state index is 0.0650. The number of nitrogens with zero attached hydrogens (tertiary/aromatic N) is 1. The van der Waals surface area contributed by atoms with E-state index in [2.05, 4.69) is 5.32 Å². The van der Waals surface area contributed by atoms with Crippen LogP contribution in [-0.2, 0) is 11.4 Å². The standard InChI is InChI=1S/C24H19FN2O4/c1-30-22-11-4-17(23(13-22)31-15-16-2-5-19(25)6-3-16)12-18(14-26)24(29)27-20-7-9-21(28)10-8-20/h2-13,28H,15H2,1H3,(H,27,29)/b18-12+. The van der Waals surface area contributed by atoms with Crippen molar-refractivity contribution in [3.8, 4) is 23.3 Å². The molecule has 0 heterocycles. The molecule has 7 heteroatoms. The Labute approximate surface area is 178 Å². The molecule has 1 amide bonds. The Kier molecular flexibility index (Phi) is 6.86. The number of carbonyl (C=O) groups excluding carboxylic acids is 1. The molecule has 0 radical (unpaired) electrons. The number of benzene rings is 3. The summed E-state index contributed by atoms with van der Waals surface area (Å²) >= 11 is 0. The number of halogens is 1. The molecule has 156 valence electrons. The first-order valence-corrected chi connectivity index (χ1v) is 9.26. The van der Waals surface area contributed by atoms with Gasteiger partial charge in [0, 0.05) is 17.3 Å². The first-order chi connectivity index (χ1) is 15.0. The summed E-state index contributed by atoms with van der Waals surface area (Å²) in [7, 11) is 1.51. The van der Waals surface area contributed by atoms with Crippen LogP contribution in [0.5, 0.6) is 17.2 Å². The van der Waals surface area contributed by atoms with Gasteiger partial charge in [-0.2, -0.15) is 5.26 Å². The number of anilines is 1. The fourth-order valence-corrected chi connectivity index (χ4v) is 2.67. The van der Waals surface area contributed by atoms with Gasteiger partial charge in [-0.15, -0.1) is 0 Å². The van der Waals surface area contributed by atoms with Crippen LogP contribution in [0.15, 0.2) is 72.3 Å². The number of hydrogen-bond donors (Lipinski definition) is 2. The SMILES string of the molecule is COc1ccc(/C=C(\C#N)C(=O)Nc2ccc(O)cc2)c(OCc2ccc(F)cc2)c1. The molecule has 0 bridgehead atoms. The minimum Gasteiger partial charge on any atom is -0.508 e. The molecule has 0 fully saturated rings. The van der Waals surface area contributed by atoms with Crippen molar-refractivity contribution in [1.82, 2.24) is 0 Å². The fourth-order valence-electron chi connectivity index (χ4n) is 2.67. The number of aromatic hydroxyl groups is 1. The molecule has 0 aromatic heterocycles. The van der Waals surface area contributed by atoms with Gasteiger partial charge in [-0.05, 0) is 60.2 Å². The van der Waals surface area contributed by atoms with Crippen LogP contribution >= 0.6 is 0 Å². The molecular formula is C24H19FN2O4. The number of ether oxygens (including phenoxy) is 2. The van der Waals surface area contributed by atoms with Crippen LogP contribution in [0.1, 0.15) is 11.1 Å². The number of carbonyl (C=O) groups is 1. The van der Waals surface area contributed by atoms with Crippen molar-refractivity contribution in [1.29, 1.82) is 5.26 Å². The Morgan fingerprint density at radius 3 is 2.48 bits per heavy atom. The third kappa shape index (κ3) is 5.84. The van der Waals surface area contributed by atoms with Gasteiger partial charge < -0.3 is 19.9 Å². The number of methoxy groups -OCH3 is 1. The second-order valence-electron chi connectivity index (χ2n) is 6.49. The molecule has 3 rings (SSSR count). The lowest BCUT2D eigenvalue weighted by atomic mass is 10.1. The summed E-state index contributed by atoms with van der Waals surface area (Å²) in [6, 6.07) is 18.7. The van der Waals surface area contributed by atoms with Crippen molar-refractivity contribution in [3.05, 3.63) is 89.2 Å². The second kappa shape index (κ2) is 9.94. The second-order valence-corrected chi connectivity index (χ2v) is 6.49. The van der Waals surface area contributed by atoms with Gasteiger partial charge >= 0.3 is 0 Å². The molecule has 0 aliphatic carbocycles. The highest BCUT2D eigenvalue weighted by atomic mass is 19.1. The number of hydrogen-bond acceptors (Lipinski definition) is 5. The summed E-state index contributed by atoms with van der Waals surface area (Å²) in [5.41, 5.74) is 1.56. The molecule has 31 heavy (non-hydrogen) atoms. The van der Waals surface area contributed by atoms with Crippen molar-refractivity contribution in [2.24, 2.45) is 0 Å². The Morgan fingerprint density at radius 2 is 1.84 bits per heavy atom. The summed E-state index contributed by atoms with van der Waals surface area (Å²) in [4.78, 5) is 12.5. The molecule has 6 nitrogen and oxygen atoms in total. The van der Waals surface area contributed by atoms with Crippen LogP contribution in [0.4, 0.5) is 10.1 Å². The average Bonchev–Trinajstić information content (AvgIpc) is 2.79. The van der Waals surface area contributed by atoms with Crippen LogP contribution in [-0.4, -0.2) is 18.1 Å². The normalized spacial score (nSPS) is 10.8. The molecule has 3 aromatic carbocycles. The molecule has 0 aliphatic rings. The first-order valence-electron chi connectivity index (χ1n) is 9.26. The lowest BCUT2D eigenvalue weighted by molar-refractivity contribution is -0.112. The van der Waals surface area contributed by atoms with Gasteiger partial charge in [0.15, 0.2) is 0 Å². The molecule has 0 spiro atoms.